The molecule has 0 aliphatic rings. The van der Waals surface area contributed by atoms with E-state index in [0.717, 1.165) is 16.6 Å². The van der Waals surface area contributed by atoms with Crippen molar-refractivity contribution in [1.82, 2.24) is 20.1 Å². The first kappa shape index (κ1) is 16.3. The van der Waals surface area contributed by atoms with Gasteiger partial charge in [-0.3, -0.25) is 0 Å². The van der Waals surface area contributed by atoms with Crippen molar-refractivity contribution in [2.45, 2.75) is 26.4 Å². The summed E-state index contributed by atoms with van der Waals surface area (Å²) in [5.74, 6) is 0. The van der Waals surface area contributed by atoms with Gasteiger partial charge in [-0.1, -0.05) is 29.8 Å². The lowest BCUT2D eigenvalue weighted by Gasteiger charge is -2.09. The molecule has 0 aliphatic heterocycles. The van der Waals surface area contributed by atoms with E-state index in [4.69, 9.17) is 11.6 Å². The Hall–Kier alpha value is -2.60. The summed E-state index contributed by atoms with van der Waals surface area (Å²) in [6.45, 7) is 4.44. The van der Waals surface area contributed by atoms with Gasteiger partial charge in [0.25, 0.3) is 0 Å². The fourth-order valence-electron chi connectivity index (χ4n) is 2.38. The Labute approximate surface area is 144 Å². The SMILES string of the molecule is CC(C)n1ncc2cc(NC(=O)NCc3ccccc3Cl)cnc21. The molecule has 1 aromatic carbocycles. The molecule has 6 nitrogen and oxygen atoms in total. The smallest absolute Gasteiger partial charge is 0.319 e. The minimum atomic E-state index is -0.313. The number of anilines is 1. The summed E-state index contributed by atoms with van der Waals surface area (Å²) in [5.41, 5.74) is 2.27. The highest BCUT2D eigenvalue weighted by Crippen LogP contribution is 2.19. The normalized spacial score (nSPS) is 11.0. The highest BCUT2D eigenvalue weighted by Gasteiger charge is 2.09. The summed E-state index contributed by atoms with van der Waals surface area (Å²) in [7, 11) is 0. The Kier molecular flexibility index (Phi) is 4.66. The van der Waals surface area contributed by atoms with Crippen molar-refractivity contribution >= 4 is 34.4 Å². The van der Waals surface area contributed by atoms with Crippen molar-refractivity contribution in [2.75, 3.05) is 5.32 Å². The number of nitrogens with zero attached hydrogens (tertiary/aromatic N) is 3. The molecule has 0 unspecified atom stereocenters. The van der Waals surface area contributed by atoms with Crippen LogP contribution >= 0.6 is 11.6 Å². The Bertz CT molecular complexity index is 874. The molecule has 3 rings (SSSR count). The molecule has 24 heavy (non-hydrogen) atoms. The lowest BCUT2D eigenvalue weighted by atomic mass is 10.2. The van der Waals surface area contributed by atoms with Gasteiger partial charge in [0.1, 0.15) is 0 Å². The van der Waals surface area contributed by atoms with Crippen LogP contribution in [0.1, 0.15) is 25.5 Å². The molecule has 0 bridgehead atoms. The molecule has 0 aliphatic carbocycles. The van der Waals surface area contributed by atoms with Crippen LogP contribution in [0.25, 0.3) is 11.0 Å². The number of benzene rings is 1. The van der Waals surface area contributed by atoms with Crippen LogP contribution in [0.3, 0.4) is 0 Å². The van der Waals surface area contributed by atoms with Crippen LogP contribution in [-0.4, -0.2) is 20.8 Å². The van der Waals surface area contributed by atoms with E-state index in [9.17, 15) is 4.79 Å². The maximum absolute atomic E-state index is 12.0. The van der Waals surface area contributed by atoms with E-state index >= 15 is 0 Å². The number of hydrogen-bond donors (Lipinski definition) is 2. The van der Waals surface area contributed by atoms with Crippen LogP contribution in [0.2, 0.25) is 5.02 Å². The number of nitrogens with one attached hydrogen (secondary N) is 2. The number of carbonyl (C=O) groups is 1. The molecular weight excluding hydrogens is 326 g/mol. The Morgan fingerprint density at radius 2 is 2.08 bits per heavy atom. The zero-order valence-corrected chi connectivity index (χ0v) is 14.2. The quantitative estimate of drug-likeness (QED) is 0.752. The van der Waals surface area contributed by atoms with Crippen molar-refractivity contribution in [3.63, 3.8) is 0 Å². The third-order valence-electron chi connectivity index (χ3n) is 3.58. The minimum Gasteiger partial charge on any atom is -0.334 e. The third-order valence-corrected chi connectivity index (χ3v) is 3.95. The summed E-state index contributed by atoms with van der Waals surface area (Å²) in [6.07, 6.45) is 3.37. The second kappa shape index (κ2) is 6.88. The number of aromatic nitrogens is 3. The average Bonchev–Trinajstić information content (AvgIpc) is 2.97. The monoisotopic (exact) mass is 343 g/mol. The highest BCUT2D eigenvalue weighted by molar-refractivity contribution is 6.31. The van der Waals surface area contributed by atoms with Crippen molar-refractivity contribution in [1.29, 1.82) is 0 Å². The molecule has 7 heteroatoms. The number of fused-ring (bicyclic) bond motifs is 1. The molecule has 0 atom stereocenters. The summed E-state index contributed by atoms with van der Waals surface area (Å²) in [4.78, 5) is 16.4. The molecule has 0 radical (unpaired) electrons. The molecule has 2 amide bonds. The fourth-order valence-corrected chi connectivity index (χ4v) is 2.58. The third kappa shape index (κ3) is 3.49. The maximum atomic E-state index is 12.0. The predicted octanol–water partition coefficient (Wildman–Crippen LogP) is 3.99. The van der Waals surface area contributed by atoms with Gasteiger partial charge in [-0.2, -0.15) is 5.10 Å². The van der Waals surface area contributed by atoms with Crippen molar-refractivity contribution in [3.05, 3.63) is 53.3 Å². The van der Waals surface area contributed by atoms with Gasteiger partial charge in [-0.25, -0.2) is 14.5 Å². The molecule has 0 fully saturated rings. The number of halogens is 1. The van der Waals surface area contributed by atoms with Crippen LogP contribution in [0.5, 0.6) is 0 Å². The number of hydrogen-bond acceptors (Lipinski definition) is 3. The van der Waals surface area contributed by atoms with E-state index in [-0.39, 0.29) is 12.1 Å². The Morgan fingerprint density at radius 1 is 1.29 bits per heavy atom. The fraction of sp³-hybridized carbons (Fsp3) is 0.235. The van der Waals surface area contributed by atoms with Gasteiger partial charge < -0.3 is 10.6 Å². The van der Waals surface area contributed by atoms with Gasteiger partial charge in [0.2, 0.25) is 0 Å². The van der Waals surface area contributed by atoms with Gasteiger partial charge in [0.05, 0.1) is 18.1 Å². The number of rotatable bonds is 4. The number of pyridine rings is 1. The van der Waals surface area contributed by atoms with Gasteiger partial charge in [-0.15, -0.1) is 0 Å². The summed E-state index contributed by atoms with van der Waals surface area (Å²) in [5, 5.41) is 11.4. The molecule has 2 N–H and O–H groups in total. The largest absolute Gasteiger partial charge is 0.334 e. The first-order chi connectivity index (χ1) is 11.5. The number of urea groups is 1. The lowest BCUT2D eigenvalue weighted by molar-refractivity contribution is 0.251. The number of carbonyl (C=O) groups excluding carboxylic acids is 1. The molecule has 2 heterocycles. The van der Waals surface area contributed by atoms with Crippen LogP contribution < -0.4 is 10.6 Å². The van der Waals surface area contributed by atoms with E-state index in [1.807, 2.05) is 42.8 Å². The zero-order valence-electron chi connectivity index (χ0n) is 13.5. The molecule has 3 aromatic rings. The average molecular weight is 344 g/mol. The molecule has 2 aromatic heterocycles. The van der Waals surface area contributed by atoms with Crippen LogP contribution in [0, 0.1) is 0 Å². The molecule has 124 valence electrons. The second-order valence-corrected chi connectivity index (χ2v) is 6.13. The minimum absolute atomic E-state index is 0.229. The van der Waals surface area contributed by atoms with Gasteiger partial charge >= 0.3 is 6.03 Å². The molecular formula is C17H18ClN5O. The zero-order chi connectivity index (χ0) is 17.1. The van der Waals surface area contributed by atoms with Crippen LogP contribution in [0.15, 0.2) is 42.7 Å². The summed E-state index contributed by atoms with van der Waals surface area (Å²) < 4.78 is 1.84. The first-order valence-corrected chi connectivity index (χ1v) is 8.04. The molecule has 0 saturated carbocycles. The standard InChI is InChI=1S/C17H18ClN5O/c1-11(2)23-16-13(9-21-23)7-14(10-19-16)22-17(24)20-8-12-5-3-4-6-15(12)18/h3-7,9-11H,8H2,1-2H3,(H2,20,22,24). The predicted molar refractivity (Wildman–Crippen MR) is 95.2 cm³/mol. The summed E-state index contributed by atoms with van der Waals surface area (Å²) in [6, 6.07) is 9.16. The van der Waals surface area contributed by atoms with E-state index < -0.39 is 0 Å². The Morgan fingerprint density at radius 3 is 2.83 bits per heavy atom. The van der Waals surface area contributed by atoms with Crippen LogP contribution in [-0.2, 0) is 6.54 Å². The number of amides is 2. The van der Waals surface area contributed by atoms with Crippen molar-refractivity contribution < 1.29 is 4.79 Å². The highest BCUT2D eigenvalue weighted by atomic mass is 35.5. The topological polar surface area (TPSA) is 71.8 Å². The van der Waals surface area contributed by atoms with Gasteiger partial charge in [-0.05, 0) is 31.5 Å². The van der Waals surface area contributed by atoms with Gasteiger partial charge in [0.15, 0.2) is 5.65 Å². The Balaban J connectivity index is 1.66. The van der Waals surface area contributed by atoms with E-state index in [1.54, 1.807) is 18.5 Å². The van der Waals surface area contributed by atoms with E-state index in [1.165, 1.54) is 0 Å². The van der Waals surface area contributed by atoms with Crippen molar-refractivity contribution in [3.8, 4) is 0 Å². The van der Waals surface area contributed by atoms with Crippen molar-refractivity contribution in [2.24, 2.45) is 0 Å². The summed E-state index contributed by atoms with van der Waals surface area (Å²) >= 11 is 6.07. The van der Waals surface area contributed by atoms with Gasteiger partial charge in [0, 0.05) is 23.0 Å². The lowest BCUT2D eigenvalue weighted by Crippen LogP contribution is -2.28. The second-order valence-electron chi connectivity index (χ2n) is 5.72. The van der Waals surface area contributed by atoms with E-state index in [0.29, 0.717) is 17.3 Å². The molecule has 0 saturated heterocycles. The first-order valence-electron chi connectivity index (χ1n) is 7.66. The maximum Gasteiger partial charge on any atom is 0.319 e. The van der Waals surface area contributed by atoms with Crippen LogP contribution in [0.4, 0.5) is 10.5 Å². The molecule has 0 spiro atoms. The van der Waals surface area contributed by atoms with E-state index in [2.05, 4.69) is 20.7 Å².